The topological polar surface area (TPSA) is 445 Å². The summed E-state index contributed by atoms with van der Waals surface area (Å²) in [6, 6.07) is 68.9. The Kier molecular flexibility index (Phi) is 32.2. The van der Waals surface area contributed by atoms with Gasteiger partial charge in [0.25, 0.3) is 29.4 Å². The highest BCUT2D eigenvalue weighted by molar-refractivity contribution is 7.20. The quantitative estimate of drug-likeness (QED) is 0.0276. The number of thiophene rings is 2. The number of methoxy groups -OCH3 is 4. The zero-order chi connectivity index (χ0) is 97.4. The monoisotopic (exact) mass is 1920 g/mol. The van der Waals surface area contributed by atoms with Gasteiger partial charge in [0, 0.05) is 82.8 Å². The van der Waals surface area contributed by atoms with E-state index < -0.39 is 35.3 Å². The van der Waals surface area contributed by atoms with E-state index in [1.165, 1.54) is 75.7 Å². The molecule has 138 heavy (non-hydrogen) atoms. The molecule has 1 atom stereocenters. The van der Waals surface area contributed by atoms with E-state index in [0.717, 1.165) is 122 Å². The number of halogens is 1. The van der Waals surface area contributed by atoms with Gasteiger partial charge in [-0.2, -0.15) is 19.9 Å². The van der Waals surface area contributed by atoms with Crippen LogP contribution in [0.5, 0.6) is 28.7 Å². The molecule has 0 bridgehead atoms. The number of carbonyl (C=O) groups is 7. The molecule has 38 heteroatoms. The second kappa shape index (κ2) is 45.8. The molecule has 3 aliphatic rings. The van der Waals surface area contributed by atoms with Crippen LogP contribution in [0.1, 0.15) is 102 Å². The van der Waals surface area contributed by atoms with Gasteiger partial charge in [-0.05, 0) is 229 Å². The summed E-state index contributed by atoms with van der Waals surface area (Å²) in [7, 11) is 6.48. The van der Waals surface area contributed by atoms with E-state index in [4.69, 9.17) is 39.5 Å². The summed E-state index contributed by atoms with van der Waals surface area (Å²) in [4.78, 5) is 108. The van der Waals surface area contributed by atoms with E-state index in [0.29, 0.717) is 63.6 Å². The number of carbonyl (C=O) groups excluding carboxylic acids is 5. The van der Waals surface area contributed by atoms with E-state index in [9.17, 15) is 48.2 Å². The maximum Gasteiger partial charge on any atom is 0.355 e. The molecular weight excluding hydrogens is 1820 g/mol. The molecule has 2 aliphatic heterocycles. The smallest absolute Gasteiger partial charge is 0.355 e. The minimum atomic E-state index is -1.30. The van der Waals surface area contributed by atoms with Gasteiger partial charge in [-0.3, -0.25) is 38.9 Å². The third-order valence-corrected chi connectivity index (χ3v) is 25.6. The van der Waals surface area contributed by atoms with Crippen LogP contribution in [0, 0.1) is 24.1 Å². The summed E-state index contributed by atoms with van der Waals surface area (Å²) in [5.74, 6) is -0.0783. The molecule has 5 amide bonds. The number of imide groups is 1. The van der Waals surface area contributed by atoms with E-state index in [1.807, 2.05) is 98.2 Å². The number of tetrazole rings is 1. The number of nitrogens with zero attached hydrogens (tertiary/aromatic N) is 15. The molecule has 1 saturated heterocycles. The Hall–Kier alpha value is -16.8. The number of nitrogens with two attached hydrogens (primary N) is 1. The van der Waals surface area contributed by atoms with E-state index in [1.54, 1.807) is 158 Å². The Labute approximate surface area is 803 Å². The number of aromatic nitrogens is 11. The molecule has 16 aromatic rings. The van der Waals surface area contributed by atoms with Crippen molar-refractivity contribution in [1.82, 2.24) is 59.9 Å². The van der Waals surface area contributed by atoms with Gasteiger partial charge < -0.3 is 64.9 Å². The molecule has 8 N–H and O–H groups in total. The summed E-state index contributed by atoms with van der Waals surface area (Å²) in [6.45, 7) is 7.26. The van der Waals surface area contributed by atoms with Gasteiger partial charge in [0.05, 0.1) is 73.9 Å². The molecule has 1 saturated carbocycles. The fourth-order valence-electron chi connectivity index (χ4n) is 15.6. The van der Waals surface area contributed by atoms with E-state index in [-0.39, 0.29) is 70.8 Å². The number of rotatable bonds is 24. The highest BCUT2D eigenvalue weighted by Gasteiger charge is 2.49. The van der Waals surface area contributed by atoms with Crippen LogP contribution in [0.4, 0.5) is 38.4 Å². The predicted molar refractivity (Wildman–Crippen MR) is 522 cm³/mol. The van der Waals surface area contributed by atoms with Crippen LogP contribution in [0.3, 0.4) is 0 Å². The number of amides is 5. The predicted octanol–water partition coefficient (Wildman–Crippen LogP) is 17.3. The fraction of sp³-hybridized carbons (Fsp3) is 0.200. The van der Waals surface area contributed by atoms with Crippen LogP contribution in [0.2, 0.25) is 0 Å². The Morgan fingerprint density at radius 1 is 0.681 bits per heavy atom. The van der Waals surface area contributed by atoms with Crippen molar-refractivity contribution in [3.8, 4) is 78.3 Å². The number of carboxylic acids is 2. The maximum atomic E-state index is 13.9. The Bertz CT molecular complexity index is 6790. The molecule has 1 aliphatic carbocycles. The van der Waals surface area contributed by atoms with Gasteiger partial charge in [0.15, 0.2) is 11.5 Å². The molecule has 1 unspecified atom stereocenters. The normalized spacial score (nSPS) is 13.0. The number of aryl methyl sites for hydroxylation is 1. The number of furan rings is 1. The number of aliphatic carboxylic acids is 1. The van der Waals surface area contributed by atoms with Crippen LogP contribution in [-0.2, 0) is 33.8 Å². The number of hydrogen-bond donors (Lipinski definition) is 7. The number of thiazole rings is 1. The van der Waals surface area contributed by atoms with Gasteiger partial charge in [-0.25, -0.2) is 28.6 Å². The Morgan fingerprint density at radius 2 is 1.29 bits per heavy atom. The second-order valence-electron chi connectivity index (χ2n) is 31.1. The minimum Gasteiger partial charge on any atom is -0.508 e. The van der Waals surface area contributed by atoms with Crippen molar-refractivity contribution in [1.29, 1.82) is 5.26 Å². The number of H-pyrrole nitrogens is 1. The number of aromatic hydroxyl groups is 1. The number of piperazine rings is 1. The van der Waals surface area contributed by atoms with Crippen molar-refractivity contribution in [2.24, 2.45) is 0 Å². The molecular formula is C100H94FN19O15S3. The number of fused-ring (bicyclic) bond motifs is 2. The van der Waals surface area contributed by atoms with Crippen molar-refractivity contribution < 1.29 is 76.6 Å². The molecule has 2 fully saturated rings. The molecule has 10 heterocycles. The highest BCUT2D eigenvalue weighted by atomic mass is 32.1. The lowest BCUT2D eigenvalue weighted by molar-refractivity contribution is -0.141. The molecule has 704 valence electrons. The fourth-order valence-corrected chi connectivity index (χ4v) is 18.3. The van der Waals surface area contributed by atoms with Crippen molar-refractivity contribution in [3.05, 3.63) is 310 Å². The Morgan fingerprint density at radius 3 is 1.86 bits per heavy atom. The van der Waals surface area contributed by atoms with Crippen molar-refractivity contribution >= 4 is 115 Å². The molecule has 19 rings (SSSR count). The second-order valence-corrected chi connectivity index (χ2v) is 34.1. The SMILES string of the molecule is CCc1c(C)sc(NC(=O)c2ccco2)c1C#N.COc1ccc(-c2cn[nH]c2-c2ccc(OC)cc2)cc1.COc1ccc(NC(=O)C2(N(C(=O)Cn3nnnc3N)c3ccc(OC)cc3)CCCCC2)cc1.Fc1ccc(-c2ccnc3nc(N4CCN(c5ccccc5)CC4)nn23)cc1.O=C(O)C(Cc1ccc(O)cc1)N1C(=O)c2ccccc2C1=O.O=C(O)c1csc(-c2cccs2)n1. The first kappa shape index (κ1) is 97.2. The number of phenols is 1. The third-order valence-electron chi connectivity index (χ3n) is 22.7. The maximum absolute atomic E-state index is 13.9. The van der Waals surface area contributed by atoms with Gasteiger partial charge in [-0.15, -0.1) is 39.1 Å². The number of phenolic OH excluding ortho intramolecular Hbond substituents is 1. The molecule has 8 aromatic heterocycles. The molecule has 8 aromatic carbocycles. The first-order chi connectivity index (χ1) is 67.0. The summed E-state index contributed by atoms with van der Waals surface area (Å²) in [5, 5.41) is 70.1. The number of aromatic carboxylic acids is 1. The lowest BCUT2D eigenvalue weighted by Gasteiger charge is -2.45. The number of carboxylic acid groups (broad SMARTS) is 2. The minimum absolute atomic E-state index is 0.0217. The Balaban J connectivity index is 0.000000135. The molecule has 0 spiro atoms. The standard InChI is InChI=1S/C24H29N7O4.C21H19FN6.C17H16N2O2.C17H13NO5.C13H12N2O2S.C8H5NO2S2/c1-34-19-10-6-17(7-11-19)26-22(33)24(14-4-3-5-15-24)31(18-8-12-20(35-2)13-9-18)21(32)16-30-23(25)27-28-29-30;22-17-8-6-16(7-9-17)19-10-11-23-20-24-21(25-28(19)20)27-14-12-26(13-15-27)18-4-2-1-3-5-18;1-20-14-7-3-12(4-8-14)16-11-18-19-17(16)13-5-9-15(21-2)10-6-13;19-11-7-5-10(6-8-11)9-14(17(22)23)18-15(20)12-3-1-2-4-13(12)16(18)21;1-3-9-8(2)18-13(10(9)7-14)15-12(16)11-5-4-6-17-11;10-8(11)5-4-13-7(9-5)6-2-1-3-12-6/h6-13H,3-5,14-16H2,1-2H3,(H,26,33)(H2,25,27,29);1-11H,12-15H2;3-11H,1-2H3,(H,18,19);1-8,14,19H,9H2,(H,22,23);4-6H,3H2,1-2H3,(H,15,16);1-4H,(H,10,11). The average Bonchev–Trinajstić information content (AvgIpc) is 1.11. The van der Waals surface area contributed by atoms with Gasteiger partial charge in [0.2, 0.25) is 17.8 Å². The number of para-hydroxylation sites is 1. The number of anilines is 6. The largest absolute Gasteiger partial charge is 0.508 e. The van der Waals surface area contributed by atoms with Crippen molar-refractivity contribution in [3.63, 3.8) is 0 Å². The van der Waals surface area contributed by atoms with E-state index >= 15 is 0 Å². The van der Waals surface area contributed by atoms with E-state index in [2.05, 4.69) is 96.5 Å². The number of ether oxygens (including phenoxy) is 4. The van der Waals surface area contributed by atoms with Gasteiger partial charge in [-0.1, -0.05) is 91.9 Å². The number of benzene rings is 8. The van der Waals surface area contributed by atoms with Crippen LogP contribution < -0.4 is 50.0 Å². The summed E-state index contributed by atoms with van der Waals surface area (Å²) >= 11 is 4.33. The lowest BCUT2D eigenvalue weighted by Crippen LogP contribution is -2.61. The zero-order valence-corrected chi connectivity index (χ0v) is 78.0. The lowest BCUT2D eigenvalue weighted by atomic mass is 9.78. The number of nitriles is 1. The first-order valence-electron chi connectivity index (χ1n) is 43.4. The van der Waals surface area contributed by atoms with Crippen LogP contribution in [0.25, 0.3) is 49.3 Å². The van der Waals surface area contributed by atoms with Crippen molar-refractivity contribution in [2.75, 3.05) is 85.7 Å². The average molecular weight is 1920 g/mol. The van der Waals surface area contributed by atoms with Crippen LogP contribution >= 0.6 is 34.0 Å². The summed E-state index contributed by atoms with van der Waals surface area (Å²) in [5.41, 5.74) is 15.8. The van der Waals surface area contributed by atoms with Crippen LogP contribution in [0.15, 0.2) is 264 Å². The van der Waals surface area contributed by atoms with Gasteiger partial charge >= 0.3 is 11.9 Å². The zero-order valence-electron chi connectivity index (χ0n) is 75.5. The summed E-state index contributed by atoms with van der Waals surface area (Å²) in [6.07, 6.45) is 9.37. The number of nitrogens with one attached hydrogen (secondary N) is 3. The summed E-state index contributed by atoms with van der Waals surface area (Å²) < 4.78 is 42.1. The number of aromatic amines is 1. The molecule has 0 radical (unpaired) electrons. The third kappa shape index (κ3) is 23.3. The first-order valence-corrected chi connectivity index (χ1v) is 45.9. The number of hydrogen-bond acceptors (Lipinski definition) is 28. The van der Waals surface area contributed by atoms with Crippen LogP contribution in [-0.4, -0.2) is 183 Å². The highest BCUT2D eigenvalue weighted by Crippen LogP contribution is 2.41. The van der Waals surface area contributed by atoms with Crippen molar-refractivity contribution in [2.45, 2.75) is 76.9 Å². The molecule has 34 nitrogen and oxygen atoms in total. The number of nitrogen functional groups attached to an aromatic ring is 1. The van der Waals surface area contributed by atoms with Gasteiger partial charge in [0.1, 0.15) is 68.8 Å².